The van der Waals surface area contributed by atoms with Crippen LogP contribution in [0.1, 0.15) is 17.7 Å². The second-order valence-corrected chi connectivity index (χ2v) is 9.51. The van der Waals surface area contributed by atoms with E-state index in [4.69, 9.17) is 9.47 Å². The third-order valence-corrected chi connectivity index (χ3v) is 6.83. The van der Waals surface area contributed by atoms with E-state index in [1.807, 2.05) is 6.92 Å². The summed E-state index contributed by atoms with van der Waals surface area (Å²) < 4.78 is 38.4. The lowest BCUT2D eigenvalue weighted by Gasteiger charge is -2.19. The third-order valence-electron chi connectivity index (χ3n) is 4.54. The number of aryl methyl sites for hydroxylation is 2. The van der Waals surface area contributed by atoms with Gasteiger partial charge in [0.05, 0.1) is 10.6 Å². The fraction of sp³-hybridized carbons (Fsp3) is 0.238. The molecule has 2 N–H and O–H groups in total. The molecule has 8 nitrogen and oxygen atoms in total. The van der Waals surface area contributed by atoms with Gasteiger partial charge < -0.3 is 14.8 Å². The van der Waals surface area contributed by atoms with E-state index in [0.717, 1.165) is 5.56 Å². The number of carbonyl (C=O) groups is 1. The standard InChI is InChI=1S/C21H21N3O5S2/c1-14-2-6-17(7-3-14)31(26,27)24-21-23-16(13-30-21)5-9-20(25)22-15-4-8-18-19(12-15)29-11-10-28-18/h2-4,6-8,12-13H,5,9-11H2,1H3,(H,22,25)(H,23,24). The predicted octanol–water partition coefficient (Wildman–Crippen LogP) is 3.59. The lowest BCUT2D eigenvalue weighted by atomic mass is 10.2. The molecular weight excluding hydrogens is 438 g/mol. The van der Waals surface area contributed by atoms with E-state index >= 15 is 0 Å². The van der Waals surface area contributed by atoms with Gasteiger partial charge in [0.25, 0.3) is 10.0 Å². The Labute approximate surface area is 184 Å². The monoisotopic (exact) mass is 459 g/mol. The lowest BCUT2D eigenvalue weighted by molar-refractivity contribution is -0.116. The number of nitrogens with one attached hydrogen (secondary N) is 2. The second kappa shape index (κ2) is 8.94. The number of rotatable bonds is 7. The van der Waals surface area contributed by atoms with E-state index in [1.165, 1.54) is 11.3 Å². The summed E-state index contributed by atoms with van der Waals surface area (Å²) in [6.07, 6.45) is 0.599. The van der Waals surface area contributed by atoms with Crippen molar-refractivity contribution in [2.45, 2.75) is 24.7 Å². The topological polar surface area (TPSA) is 107 Å². The molecule has 2 heterocycles. The van der Waals surface area contributed by atoms with Gasteiger partial charge in [0.2, 0.25) is 5.91 Å². The zero-order valence-corrected chi connectivity index (χ0v) is 18.4. The molecule has 0 fully saturated rings. The van der Waals surface area contributed by atoms with Crippen LogP contribution in [0.3, 0.4) is 0 Å². The Bertz CT molecular complexity index is 1190. The normalized spacial score (nSPS) is 12.9. The Morgan fingerprint density at radius 2 is 1.84 bits per heavy atom. The number of fused-ring (bicyclic) bond motifs is 1. The minimum Gasteiger partial charge on any atom is -0.486 e. The molecule has 0 unspecified atom stereocenters. The van der Waals surface area contributed by atoms with Crippen molar-refractivity contribution in [3.05, 3.63) is 59.1 Å². The maximum atomic E-state index is 12.5. The molecule has 162 valence electrons. The van der Waals surface area contributed by atoms with E-state index < -0.39 is 10.0 Å². The molecule has 0 atom stereocenters. The van der Waals surface area contributed by atoms with Crippen LogP contribution in [0.2, 0.25) is 0 Å². The van der Waals surface area contributed by atoms with Crippen LogP contribution in [0, 0.1) is 6.92 Å². The quantitative estimate of drug-likeness (QED) is 0.559. The fourth-order valence-corrected chi connectivity index (χ4v) is 4.94. The summed E-state index contributed by atoms with van der Waals surface area (Å²) in [7, 11) is -3.70. The number of hydrogen-bond acceptors (Lipinski definition) is 7. The summed E-state index contributed by atoms with van der Waals surface area (Å²) in [5.74, 6) is 1.09. The average molecular weight is 460 g/mol. The minimum atomic E-state index is -3.70. The van der Waals surface area contributed by atoms with Gasteiger partial charge in [0.1, 0.15) is 13.2 Å². The Balaban J connectivity index is 1.32. The Morgan fingerprint density at radius 3 is 2.61 bits per heavy atom. The van der Waals surface area contributed by atoms with Crippen molar-refractivity contribution in [2.75, 3.05) is 23.3 Å². The number of aromatic nitrogens is 1. The Morgan fingerprint density at radius 1 is 1.10 bits per heavy atom. The van der Waals surface area contributed by atoms with Gasteiger partial charge in [-0.15, -0.1) is 11.3 Å². The summed E-state index contributed by atoms with van der Waals surface area (Å²) in [6.45, 7) is 2.88. The molecule has 4 rings (SSSR count). The smallest absolute Gasteiger partial charge is 0.263 e. The van der Waals surface area contributed by atoms with Crippen LogP contribution in [0.5, 0.6) is 11.5 Å². The molecule has 10 heteroatoms. The van der Waals surface area contributed by atoms with E-state index in [9.17, 15) is 13.2 Å². The number of benzene rings is 2. The molecule has 0 saturated carbocycles. The molecule has 1 aromatic heterocycles. The Hall–Kier alpha value is -3.11. The van der Waals surface area contributed by atoms with Gasteiger partial charge in [-0.3, -0.25) is 9.52 Å². The Kier molecular flexibility index (Phi) is 6.10. The first-order chi connectivity index (χ1) is 14.9. The maximum Gasteiger partial charge on any atom is 0.263 e. The molecule has 1 aliphatic rings. The highest BCUT2D eigenvalue weighted by molar-refractivity contribution is 7.93. The number of ether oxygens (including phenoxy) is 2. The van der Waals surface area contributed by atoms with Gasteiger partial charge in [-0.2, -0.15) is 0 Å². The van der Waals surface area contributed by atoms with Crippen LogP contribution in [0.25, 0.3) is 0 Å². The number of nitrogens with zero attached hydrogens (tertiary/aromatic N) is 1. The van der Waals surface area contributed by atoms with Crippen LogP contribution in [0.4, 0.5) is 10.8 Å². The molecule has 1 amide bonds. The number of anilines is 2. The molecular formula is C21H21N3O5S2. The summed E-state index contributed by atoms with van der Waals surface area (Å²) in [4.78, 5) is 16.7. The van der Waals surface area contributed by atoms with Gasteiger partial charge in [-0.1, -0.05) is 17.7 Å². The number of carbonyl (C=O) groups excluding carboxylic acids is 1. The highest BCUT2D eigenvalue weighted by Gasteiger charge is 2.17. The van der Waals surface area contributed by atoms with Crippen molar-refractivity contribution in [3.63, 3.8) is 0 Å². The van der Waals surface area contributed by atoms with Crippen molar-refractivity contribution in [3.8, 4) is 11.5 Å². The van der Waals surface area contributed by atoms with Crippen molar-refractivity contribution >= 4 is 38.1 Å². The van der Waals surface area contributed by atoms with Crippen molar-refractivity contribution in [1.29, 1.82) is 0 Å². The third kappa shape index (κ3) is 5.33. The lowest BCUT2D eigenvalue weighted by Crippen LogP contribution is -2.16. The number of amides is 1. The largest absolute Gasteiger partial charge is 0.486 e. The molecule has 2 aromatic carbocycles. The second-order valence-electron chi connectivity index (χ2n) is 6.97. The average Bonchev–Trinajstić information content (AvgIpc) is 3.19. The maximum absolute atomic E-state index is 12.5. The molecule has 0 bridgehead atoms. The van der Waals surface area contributed by atoms with Crippen LogP contribution < -0.4 is 19.5 Å². The van der Waals surface area contributed by atoms with E-state index in [1.54, 1.807) is 47.8 Å². The van der Waals surface area contributed by atoms with Crippen molar-refractivity contribution < 1.29 is 22.7 Å². The number of sulfonamides is 1. The van der Waals surface area contributed by atoms with Crippen LogP contribution in [-0.4, -0.2) is 32.5 Å². The zero-order chi connectivity index (χ0) is 21.8. The van der Waals surface area contributed by atoms with Crippen LogP contribution >= 0.6 is 11.3 Å². The number of thiazole rings is 1. The fourth-order valence-electron chi connectivity index (χ4n) is 2.95. The van der Waals surface area contributed by atoms with E-state index in [2.05, 4.69) is 15.0 Å². The first-order valence-corrected chi connectivity index (χ1v) is 12.0. The van der Waals surface area contributed by atoms with Gasteiger partial charge in [-0.05, 0) is 37.6 Å². The van der Waals surface area contributed by atoms with Crippen molar-refractivity contribution in [2.24, 2.45) is 0 Å². The minimum absolute atomic E-state index is 0.175. The molecule has 0 saturated heterocycles. The first kappa shape index (κ1) is 21.1. The first-order valence-electron chi connectivity index (χ1n) is 9.62. The van der Waals surface area contributed by atoms with E-state index in [-0.39, 0.29) is 22.4 Å². The van der Waals surface area contributed by atoms with Crippen molar-refractivity contribution in [1.82, 2.24) is 4.98 Å². The highest BCUT2D eigenvalue weighted by Crippen LogP contribution is 2.32. The summed E-state index contributed by atoms with van der Waals surface area (Å²) in [5.41, 5.74) is 2.24. The highest BCUT2D eigenvalue weighted by atomic mass is 32.2. The predicted molar refractivity (Wildman–Crippen MR) is 118 cm³/mol. The van der Waals surface area contributed by atoms with E-state index in [0.29, 0.717) is 42.5 Å². The summed E-state index contributed by atoms with van der Waals surface area (Å²) in [6, 6.07) is 11.8. The summed E-state index contributed by atoms with van der Waals surface area (Å²) in [5, 5.41) is 4.83. The van der Waals surface area contributed by atoms with Crippen LogP contribution in [-0.2, 0) is 21.2 Å². The van der Waals surface area contributed by atoms with Gasteiger partial charge in [0.15, 0.2) is 16.6 Å². The van der Waals surface area contributed by atoms with Gasteiger partial charge in [-0.25, -0.2) is 13.4 Å². The zero-order valence-electron chi connectivity index (χ0n) is 16.8. The molecule has 0 spiro atoms. The number of hydrogen-bond donors (Lipinski definition) is 2. The molecule has 31 heavy (non-hydrogen) atoms. The SMILES string of the molecule is Cc1ccc(S(=O)(=O)Nc2nc(CCC(=O)Nc3ccc4c(c3)OCCO4)cs2)cc1. The van der Waals surface area contributed by atoms with Crippen LogP contribution in [0.15, 0.2) is 52.7 Å². The molecule has 0 aliphatic carbocycles. The molecule has 0 radical (unpaired) electrons. The molecule has 1 aliphatic heterocycles. The molecule has 3 aromatic rings. The van der Waals surface area contributed by atoms with Gasteiger partial charge in [0, 0.05) is 23.6 Å². The van der Waals surface area contributed by atoms with Gasteiger partial charge >= 0.3 is 0 Å². The summed E-state index contributed by atoms with van der Waals surface area (Å²) >= 11 is 1.18.